The normalized spacial score (nSPS) is 11.6. The van der Waals surface area contributed by atoms with E-state index in [0.29, 0.717) is 11.4 Å². The summed E-state index contributed by atoms with van der Waals surface area (Å²) in [4.78, 5) is 0.0688. The van der Waals surface area contributed by atoms with E-state index in [2.05, 4.69) is 14.6 Å². The van der Waals surface area contributed by atoms with Crippen molar-refractivity contribution in [2.45, 2.75) is 25.4 Å². The minimum Gasteiger partial charge on any atom is -0.435 e. The van der Waals surface area contributed by atoms with Crippen LogP contribution in [0.1, 0.15) is 11.4 Å². The maximum Gasteiger partial charge on any atom is 0.387 e. The Hall–Kier alpha value is -2.94. The summed E-state index contributed by atoms with van der Waals surface area (Å²) in [5.41, 5.74) is 1.78. The average molecular weight is 393 g/mol. The van der Waals surface area contributed by atoms with E-state index in [-0.39, 0.29) is 16.3 Å². The zero-order chi connectivity index (χ0) is 19.6. The highest BCUT2D eigenvalue weighted by molar-refractivity contribution is 7.92. The second kappa shape index (κ2) is 7.36. The fraction of sp³-hybridized carbons (Fsp3) is 0.167. The first-order chi connectivity index (χ1) is 12.8. The number of benzene rings is 2. The second-order valence-electron chi connectivity index (χ2n) is 5.76. The molecule has 1 heterocycles. The molecule has 0 bridgehead atoms. The molecule has 142 valence electrons. The predicted molar refractivity (Wildman–Crippen MR) is 96.9 cm³/mol. The van der Waals surface area contributed by atoms with Gasteiger partial charge in [0.05, 0.1) is 17.1 Å². The molecule has 0 aliphatic carbocycles. The van der Waals surface area contributed by atoms with Crippen LogP contribution in [0, 0.1) is 13.8 Å². The van der Waals surface area contributed by atoms with Gasteiger partial charge in [0, 0.05) is 5.69 Å². The number of halogens is 2. The van der Waals surface area contributed by atoms with E-state index in [9.17, 15) is 17.2 Å². The molecular weight excluding hydrogens is 376 g/mol. The summed E-state index contributed by atoms with van der Waals surface area (Å²) in [7, 11) is -3.92. The zero-order valence-electron chi connectivity index (χ0n) is 14.6. The first kappa shape index (κ1) is 18.8. The fourth-order valence-corrected chi connectivity index (χ4v) is 4.20. The molecule has 0 amide bonds. The first-order valence-corrected chi connectivity index (χ1v) is 9.45. The maximum atomic E-state index is 12.8. The highest BCUT2D eigenvalue weighted by atomic mass is 32.2. The standard InChI is InChI=1S/C18H17F2N3O3S/c1-12-17(13(2)23(21-12)15-6-4-3-5-7-15)27(24,25)22-14-8-10-16(11-9-14)26-18(19)20/h3-11,18,22H,1-2H3. The summed E-state index contributed by atoms with van der Waals surface area (Å²) in [5.74, 6) is -0.0581. The van der Waals surface area contributed by atoms with Crippen molar-refractivity contribution in [1.29, 1.82) is 0 Å². The lowest BCUT2D eigenvalue weighted by Crippen LogP contribution is -2.15. The van der Waals surface area contributed by atoms with Gasteiger partial charge < -0.3 is 4.74 Å². The average Bonchev–Trinajstić information content (AvgIpc) is 2.92. The lowest BCUT2D eigenvalue weighted by Gasteiger charge is -2.10. The van der Waals surface area contributed by atoms with Crippen LogP contribution in [-0.4, -0.2) is 24.8 Å². The number of rotatable bonds is 6. The van der Waals surface area contributed by atoms with Gasteiger partial charge in [-0.25, -0.2) is 13.1 Å². The Morgan fingerprint density at radius 1 is 1.04 bits per heavy atom. The third-order valence-electron chi connectivity index (χ3n) is 3.83. The van der Waals surface area contributed by atoms with Gasteiger partial charge in [0.25, 0.3) is 10.0 Å². The lowest BCUT2D eigenvalue weighted by atomic mass is 10.3. The molecule has 0 spiro atoms. The molecule has 0 saturated heterocycles. The number of anilines is 1. The van der Waals surface area contributed by atoms with Gasteiger partial charge in [-0.2, -0.15) is 13.9 Å². The minimum absolute atomic E-state index is 0.0581. The number of nitrogens with one attached hydrogen (secondary N) is 1. The molecule has 0 aliphatic rings. The monoisotopic (exact) mass is 393 g/mol. The quantitative estimate of drug-likeness (QED) is 0.690. The zero-order valence-corrected chi connectivity index (χ0v) is 15.4. The van der Waals surface area contributed by atoms with Crippen molar-refractivity contribution in [1.82, 2.24) is 9.78 Å². The van der Waals surface area contributed by atoms with Gasteiger partial charge in [0.2, 0.25) is 0 Å². The van der Waals surface area contributed by atoms with Gasteiger partial charge in [-0.3, -0.25) is 4.72 Å². The summed E-state index contributed by atoms with van der Waals surface area (Å²) < 4.78 is 58.3. The Balaban J connectivity index is 1.90. The third-order valence-corrected chi connectivity index (χ3v) is 5.46. The van der Waals surface area contributed by atoms with Crippen LogP contribution in [0.5, 0.6) is 5.75 Å². The van der Waals surface area contributed by atoms with E-state index >= 15 is 0 Å². The lowest BCUT2D eigenvalue weighted by molar-refractivity contribution is -0.0498. The largest absolute Gasteiger partial charge is 0.435 e. The number of hydrogen-bond acceptors (Lipinski definition) is 4. The predicted octanol–water partition coefficient (Wildman–Crippen LogP) is 3.89. The van der Waals surface area contributed by atoms with Gasteiger partial charge in [0.1, 0.15) is 10.6 Å². The molecule has 9 heteroatoms. The number of nitrogens with zero attached hydrogens (tertiary/aromatic N) is 2. The summed E-state index contributed by atoms with van der Waals surface area (Å²) in [6.07, 6.45) is 0. The van der Waals surface area contributed by atoms with Crippen LogP contribution < -0.4 is 9.46 Å². The van der Waals surface area contributed by atoms with Crippen LogP contribution in [-0.2, 0) is 10.0 Å². The Morgan fingerprint density at radius 2 is 1.67 bits per heavy atom. The number of sulfonamides is 1. The van der Waals surface area contributed by atoms with Gasteiger partial charge in [-0.1, -0.05) is 18.2 Å². The maximum absolute atomic E-state index is 12.8. The molecule has 6 nitrogen and oxygen atoms in total. The highest BCUT2D eigenvalue weighted by Gasteiger charge is 2.25. The van der Waals surface area contributed by atoms with Crippen LogP contribution in [0.15, 0.2) is 59.5 Å². The topological polar surface area (TPSA) is 73.2 Å². The molecule has 0 atom stereocenters. The number of ether oxygens (including phenoxy) is 1. The van der Waals surface area contributed by atoms with Crippen LogP contribution >= 0.6 is 0 Å². The molecule has 1 aromatic heterocycles. The molecule has 0 radical (unpaired) electrons. The Kier molecular flexibility index (Phi) is 5.13. The molecule has 27 heavy (non-hydrogen) atoms. The van der Waals surface area contributed by atoms with Crippen molar-refractivity contribution in [3.8, 4) is 11.4 Å². The van der Waals surface area contributed by atoms with Crippen molar-refractivity contribution in [3.63, 3.8) is 0 Å². The summed E-state index contributed by atoms with van der Waals surface area (Å²) >= 11 is 0. The molecule has 0 aliphatic heterocycles. The SMILES string of the molecule is Cc1nn(-c2ccccc2)c(C)c1S(=O)(=O)Nc1ccc(OC(F)F)cc1. The number of hydrogen-bond donors (Lipinski definition) is 1. The van der Waals surface area contributed by atoms with E-state index in [4.69, 9.17) is 0 Å². The van der Waals surface area contributed by atoms with Gasteiger partial charge in [-0.05, 0) is 50.2 Å². The number of para-hydroxylation sites is 1. The van der Waals surface area contributed by atoms with Crippen molar-refractivity contribution < 1.29 is 21.9 Å². The first-order valence-electron chi connectivity index (χ1n) is 7.97. The molecule has 0 fully saturated rings. The molecular formula is C18H17F2N3O3S. The van der Waals surface area contributed by atoms with Crippen LogP contribution in [0.25, 0.3) is 5.69 Å². The molecule has 2 aromatic carbocycles. The Bertz CT molecular complexity index is 1030. The Labute approximate surface area is 155 Å². The number of aryl methyl sites for hydroxylation is 1. The van der Waals surface area contributed by atoms with E-state index in [1.165, 1.54) is 24.3 Å². The molecule has 1 N–H and O–H groups in total. The Morgan fingerprint density at radius 3 is 2.26 bits per heavy atom. The highest BCUT2D eigenvalue weighted by Crippen LogP contribution is 2.26. The van der Waals surface area contributed by atoms with Gasteiger partial charge in [0.15, 0.2) is 0 Å². The van der Waals surface area contributed by atoms with E-state index < -0.39 is 16.6 Å². The molecule has 0 unspecified atom stereocenters. The van der Waals surface area contributed by atoms with Crippen molar-refractivity contribution in [2.24, 2.45) is 0 Å². The van der Waals surface area contributed by atoms with E-state index in [1.807, 2.05) is 30.3 Å². The van der Waals surface area contributed by atoms with Crippen LogP contribution in [0.4, 0.5) is 14.5 Å². The van der Waals surface area contributed by atoms with Crippen molar-refractivity contribution in [2.75, 3.05) is 4.72 Å². The fourth-order valence-electron chi connectivity index (χ4n) is 2.75. The van der Waals surface area contributed by atoms with Gasteiger partial charge >= 0.3 is 6.61 Å². The minimum atomic E-state index is -3.92. The second-order valence-corrected chi connectivity index (χ2v) is 7.37. The van der Waals surface area contributed by atoms with Gasteiger partial charge in [-0.15, -0.1) is 0 Å². The smallest absolute Gasteiger partial charge is 0.387 e. The van der Waals surface area contributed by atoms with E-state index in [1.54, 1.807) is 18.5 Å². The molecule has 3 aromatic rings. The van der Waals surface area contributed by atoms with E-state index in [0.717, 1.165) is 5.69 Å². The molecule has 3 rings (SSSR count). The summed E-state index contributed by atoms with van der Waals surface area (Å²) in [6.45, 7) is 0.337. The number of aromatic nitrogens is 2. The summed E-state index contributed by atoms with van der Waals surface area (Å²) in [5, 5.41) is 4.33. The van der Waals surface area contributed by atoms with Crippen molar-refractivity contribution in [3.05, 3.63) is 66.0 Å². The van der Waals surface area contributed by atoms with Crippen LogP contribution in [0.2, 0.25) is 0 Å². The van der Waals surface area contributed by atoms with Crippen molar-refractivity contribution >= 4 is 15.7 Å². The van der Waals surface area contributed by atoms with Crippen LogP contribution in [0.3, 0.4) is 0 Å². The summed E-state index contributed by atoms with van der Waals surface area (Å²) in [6, 6.07) is 14.4. The third kappa shape index (κ3) is 4.08. The number of alkyl halides is 2. The molecule has 0 saturated carbocycles.